The van der Waals surface area contributed by atoms with Gasteiger partial charge in [0.25, 0.3) is 0 Å². The summed E-state index contributed by atoms with van der Waals surface area (Å²) < 4.78 is 19.9. The molecule has 25 heavy (non-hydrogen) atoms. The normalized spacial score (nSPS) is 10.7. The van der Waals surface area contributed by atoms with Gasteiger partial charge in [-0.05, 0) is 12.1 Å². The Bertz CT molecular complexity index is 850. The maximum Gasteiger partial charge on any atom is 0.336 e. The average molecular weight is 348 g/mol. The first-order valence-electron chi connectivity index (χ1n) is 7.06. The number of esters is 1. The Balaban J connectivity index is 2.16. The molecule has 1 aromatic heterocycles. The summed E-state index contributed by atoms with van der Waals surface area (Å²) in [5, 5.41) is 18.8. The highest BCUT2D eigenvalue weighted by atomic mass is 16.5. The monoisotopic (exact) mass is 348 g/mol. The molecule has 0 fully saturated rings. The van der Waals surface area contributed by atoms with Gasteiger partial charge in [-0.15, -0.1) is 0 Å². The number of aliphatic hydroxyl groups is 1. The molecule has 2 aromatic rings. The van der Waals surface area contributed by atoms with Crippen molar-refractivity contribution in [3.63, 3.8) is 0 Å². The number of carbonyl (C=O) groups is 1. The van der Waals surface area contributed by atoms with Gasteiger partial charge in [0.1, 0.15) is 24.4 Å². The van der Waals surface area contributed by atoms with Gasteiger partial charge >= 0.3 is 5.97 Å². The van der Waals surface area contributed by atoms with E-state index in [1.807, 2.05) is 0 Å². The quantitative estimate of drug-likeness (QED) is 0.596. The predicted molar refractivity (Wildman–Crippen MR) is 86.8 cm³/mol. The summed E-state index contributed by atoms with van der Waals surface area (Å²) in [6.07, 6.45) is 3.26. The minimum atomic E-state index is -0.849. The van der Waals surface area contributed by atoms with Crippen LogP contribution in [-0.4, -0.2) is 30.4 Å². The zero-order chi connectivity index (χ0) is 18.4. The molecule has 0 aliphatic carbocycles. The number of aromatic hydroxyl groups is 1. The molecule has 8 heteroatoms. The van der Waals surface area contributed by atoms with Crippen molar-refractivity contribution in [2.45, 2.75) is 6.61 Å². The Morgan fingerprint density at radius 3 is 2.44 bits per heavy atom. The van der Waals surface area contributed by atoms with Crippen LogP contribution in [0.15, 0.2) is 39.7 Å². The molecule has 0 aliphatic rings. The lowest BCUT2D eigenvalue weighted by molar-refractivity contribution is -0.129. The molecular weight excluding hydrogens is 332 g/mol. The number of aliphatic hydroxyl groups excluding tert-OH is 1. The van der Waals surface area contributed by atoms with E-state index in [4.69, 9.17) is 23.7 Å². The molecule has 2 rings (SSSR count). The molecule has 0 saturated heterocycles. The van der Waals surface area contributed by atoms with E-state index >= 15 is 0 Å². The number of benzene rings is 1. The van der Waals surface area contributed by atoms with Gasteiger partial charge in [-0.3, -0.25) is 4.79 Å². The van der Waals surface area contributed by atoms with Crippen molar-refractivity contribution >= 4 is 12.0 Å². The van der Waals surface area contributed by atoms with Gasteiger partial charge < -0.3 is 28.8 Å². The van der Waals surface area contributed by atoms with Crippen molar-refractivity contribution in [2.75, 3.05) is 14.2 Å². The van der Waals surface area contributed by atoms with Crippen LogP contribution in [0.4, 0.5) is 0 Å². The van der Waals surface area contributed by atoms with Crippen molar-refractivity contribution in [1.29, 1.82) is 0 Å². The van der Waals surface area contributed by atoms with E-state index in [2.05, 4.69) is 0 Å². The molecule has 1 aromatic carbocycles. The highest BCUT2D eigenvalue weighted by Gasteiger charge is 2.11. The Kier molecular flexibility index (Phi) is 5.80. The second-order valence-electron chi connectivity index (χ2n) is 4.75. The van der Waals surface area contributed by atoms with Crippen molar-refractivity contribution < 1.29 is 33.6 Å². The number of rotatable bonds is 6. The molecule has 132 valence electrons. The number of carbonyl (C=O) groups excluding carboxylic acids is 1. The topological polar surface area (TPSA) is 115 Å². The molecule has 0 atom stereocenters. The smallest absolute Gasteiger partial charge is 0.336 e. The zero-order valence-corrected chi connectivity index (χ0v) is 13.5. The molecule has 0 unspecified atom stereocenters. The maximum absolute atomic E-state index is 11.8. The number of methoxy groups -OCH3 is 2. The summed E-state index contributed by atoms with van der Waals surface area (Å²) >= 11 is 0. The summed E-state index contributed by atoms with van der Waals surface area (Å²) in [4.78, 5) is 23.5. The van der Waals surface area contributed by atoms with Crippen molar-refractivity contribution in [3.8, 4) is 23.0 Å². The first kappa shape index (κ1) is 18.1. The number of ether oxygens (including phenoxy) is 3. The van der Waals surface area contributed by atoms with Gasteiger partial charge in [0.05, 0.1) is 14.2 Å². The van der Waals surface area contributed by atoms with Crippen molar-refractivity contribution in [3.05, 3.63) is 52.1 Å². The van der Waals surface area contributed by atoms with E-state index < -0.39 is 18.0 Å². The van der Waals surface area contributed by atoms with Gasteiger partial charge in [-0.25, -0.2) is 4.79 Å². The molecule has 0 spiro atoms. The Morgan fingerprint density at radius 2 is 1.84 bits per heavy atom. The fourth-order valence-corrected chi connectivity index (χ4v) is 1.91. The van der Waals surface area contributed by atoms with E-state index in [0.29, 0.717) is 11.5 Å². The lowest BCUT2D eigenvalue weighted by atomic mass is 10.1. The summed E-state index contributed by atoms with van der Waals surface area (Å²) in [6.45, 7) is -0.443. The molecule has 1 heterocycles. The third-order valence-electron chi connectivity index (χ3n) is 3.15. The van der Waals surface area contributed by atoms with E-state index in [-0.39, 0.29) is 22.8 Å². The molecule has 0 saturated carbocycles. The number of phenolic OH excluding ortho intramolecular Hbond substituents is 1. The van der Waals surface area contributed by atoms with Crippen LogP contribution in [-0.2, 0) is 11.4 Å². The summed E-state index contributed by atoms with van der Waals surface area (Å²) in [5.74, 6) is -0.541. The number of hydrogen-bond donors (Lipinski definition) is 2. The Hall–Kier alpha value is -3.26. The minimum Gasteiger partial charge on any atom is -0.507 e. The van der Waals surface area contributed by atoms with Gasteiger partial charge in [-0.2, -0.15) is 0 Å². The lowest BCUT2D eigenvalue weighted by Gasteiger charge is -2.09. The van der Waals surface area contributed by atoms with Crippen LogP contribution in [0.25, 0.3) is 6.08 Å². The molecule has 0 aliphatic heterocycles. The summed E-state index contributed by atoms with van der Waals surface area (Å²) in [6, 6.07) is 3.83. The fourth-order valence-electron chi connectivity index (χ4n) is 1.91. The number of phenols is 1. The first-order valence-corrected chi connectivity index (χ1v) is 7.06. The largest absolute Gasteiger partial charge is 0.507 e. The van der Waals surface area contributed by atoms with Crippen LogP contribution in [0, 0.1) is 0 Å². The van der Waals surface area contributed by atoms with Crippen molar-refractivity contribution in [2.24, 2.45) is 0 Å². The van der Waals surface area contributed by atoms with Crippen LogP contribution < -0.4 is 19.6 Å². The van der Waals surface area contributed by atoms with Crippen LogP contribution >= 0.6 is 0 Å². The molecular formula is C17H16O8. The van der Waals surface area contributed by atoms with E-state index in [9.17, 15) is 14.7 Å². The SMILES string of the molecule is COc1cc(O)c(/C=C/C(=O)Oc2coc(CO)cc2=O)cc1OC. The Morgan fingerprint density at radius 1 is 1.16 bits per heavy atom. The summed E-state index contributed by atoms with van der Waals surface area (Å²) in [5.41, 5.74) is -0.316. The summed E-state index contributed by atoms with van der Waals surface area (Å²) in [7, 11) is 2.86. The third-order valence-corrected chi connectivity index (χ3v) is 3.15. The van der Waals surface area contributed by atoms with Crippen LogP contribution in [0.2, 0.25) is 0 Å². The second kappa shape index (κ2) is 8.02. The van der Waals surface area contributed by atoms with Crippen LogP contribution in [0.3, 0.4) is 0 Å². The van der Waals surface area contributed by atoms with Gasteiger partial charge in [0, 0.05) is 23.8 Å². The molecule has 2 N–H and O–H groups in total. The standard InChI is InChI=1S/C17H16O8/c1-22-14-5-10(12(19)7-15(14)23-2)3-4-17(21)25-16-9-24-11(8-18)6-13(16)20/h3-7,9,18-19H,8H2,1-2H3/b4-3+. The molecule has 0 amide bonds. The highest BCUT2D eigenvalue weighted by molar-refractivity contribution is 5.89. The predicted octanol–water partition coefficient (Wildman–Crippen LogP) is 1.47. The minimum absolute atomic E-state index is 0.0515. The van der Waals surface area contributed by atoms with Crippen molar-refractivity contribution in [1.82, 2.24) is 0 Å². The average Bonchev–Trinajstić information content (AvgIpc) is 2.61. The second-order valence-corrected chi connectivity index (χ2v) is 4.75. The van der Waals surface area contributed by atoms with E-state index in [1.54, 1.807) is 0 Å². The van der Waals surface area contributed by atoms with Crippen LogP contribution in [0.1, 0.15) is 11.3 Å². The maximum atomic E-state index is 11.8. The van der Waals surface area contributed by atoms with E-state index in [0.717, 1.165) is 18.4 Å². The third kappa shape index (κ3) is 4.39. The Labute approximate surface area is 142 Å². The van der Waals surface area contributed by atoms with Gasteiger partial charge in [-0.1, -0.05) is 0 Å². The van der Waals surface area contributed by atoms with Gasteiger partial charge in [0.15, 0.2) is 11.5 Å². The fraction of sp³-hybridized carbons (Fsp3) is 0.176. The first-order chi connectivity index (χ1) is 12.0. The lowest BCUT2D eigenvalue weighted by Crippen LogP contribution is -2.12. The van der Waals surface area contributed by atoms with E-state index in [1.165, 1.54) is 32.4 Å². The van der Waals surface area contributed by atoms with Gasteiger partial charge in [0.2, 0.25) is 11.2 Å². The molecule has 0 bridgehead atoms. The highest BCUT2D eigenvalue weighted by Crippen LogP contribution is 2.34. The van der Waals surface area contributed by atoms with Crippen LogP contribution in [0.5, 0.6) is 23.0 Å². The zero-order valence-electron chi connectivity index (χ0n) is 13.5. The molecule has 0 radical (unpaired) electrons. The molecule has 8 nitrogen and oxygen atoms in total. The number of hydrogen-bond acceptors (Lipinski definition) is 8.